The number of benzene rings is 2. The Kier molecular flexibility index (Phi) is 4.06. The summed E-state index contributed by atoms with van der Waals surface area (Å²) in [5.74, 6) is 4.99. The molecule has 0 nitrogen and oxygen atoms in total. The SMILES string of the molecule is Cc1cp(P(c2ccccc2)c2ccccc2)cc1C. The van der Waals surface area contributed by atoms with Crippen molar-refractivity contribution in [3.8, 4) is 0 Å². The van der Waals surface area contributed by atoms with Crippen molar-refractivity contribution in [1.82, 2.24) is 0 Å². The first-order chi connectivity index (χ1) is 9.75. The fraction of sp³-hybridized carbons (Fsp3) is 0.111. The Morgan fingerprint density at radius 3 is 1.45 bits per heavy atom. The fourth-order valence-corrected chi connectivity index (χ4v) is 9.69. The molecule has 2 aromatic carbocycles. The molecule has 0 fully saturated rings. The van der Waals surface area contributed by atoms with Crippen LogP contribution in [-0.2, 0) is 0 Å². The Morgan fingerprint density at radius 2 is 1.05 bits per heavy atom. The van der Waals surface area contributed by atoms with E-state index in [1.807, 2.05) is 0 Å². The predicted octanol–water partition coefficient (Wildman–Crippen LogP) is 5.19. The molecule has 1 heterocycles. The summed E-state index contributed by atoms with van der Waals surface area (Å²) in [5, 5.41) is 2.96. The lowest BCUT2D eigenvalue weighted by atomic mass is 10.2. The molecule has 0 saturated carbocycles. The first-order valence-electron chi connectivity index (χ1n) is 6.81. The van der Waals surface area contributed by atoms with E-state index in [-0.39, 0.29) is 14.8 Å². The molecule has 0 amide bonds. The van der Waals surface area contributed by atoms with Gasteiger partial charge < -0.3 is 0 Å². The van der Waals surface area contributed by atoms with E-state index in [4.69, 9.17) is 0 Å². The molecule has 0 aliphatic heterocycles. The molecule has 20 heavy (non-hydrogen) atoms. The maximum absolute atomic E-state index is 2.50. The molecule has 0 atom stereocenters. The van der Waals surface area contributed by atoms with Crippen molar-refractivity contribution in [2.24, 2.45) is 0 Å². The molecule has 0 radical (unpaired) electrons. The van der Waals surface area contributed by atoms with Crippen molar-refractivity contribution in [3.05, 3.63) is 83.4 Å². The summed E-state index contributed by atoms with van der Waals surface area (Å²) < 4.78 is 0. The largest absolute Gasteiger partial charge is 0.0905 e. The highest BCUT2D eigenvalue weighted by molar-refractivity contribution is 8.32. The van der Waals surface area contributed by atoms with Gasteiger partial charge in [0.25, 0.3) is 0 Å². The highest BCUT2D eigenvalue weighted by atomic mass is 32.1. The van der Waals surface area contributed by atoms with E-state index in [1.165, 1.54) is 21.7 Å². The van der Waals surface area contributed by atoms with Gasteiger partial charge in [-0.1, -0.05) is 67.9 Å². The second-order valence-electron chi connectivity index (χ2n) is 4.99. The minimum atomic E-state index is -0.293. The van der Waals surface area contributed by atoms with Crippen molar-refractivity contribution in [2.75, 3.05) is 0 Å². The zero-order valence-corrected chi connectivity index (χ0v) is 13.6. The van der Waals surface area contributed by atoms with Crippen LogP contribution in [0.2, 0.25) is 0 Å². The number of hydrogen-bond donors (Lipinski definition) is 0. The topological polar surface area (TPSA) is 0 Å². The molecule has 0 saturated heterocycles. The van der Waals surface area contributed by atoms with Gasteiger partial charge in [0, 0.05) is 7.61 Å². The Balaban J connectivity index is 2.14. The second-order valence-corrected chi connectivity index (χ2v) is 10.5. The standard InChI is InChI=1S/C18H18P2/c1-15-13-19(14-16(15)2)20(17-9-5-3-6-10-17)18-11-7-4-8-12-18/h3-14H,1-2H3. The van der Waals surface area contributed by atoms with Gasteiger partial charge in [0.05, 0.1) is 0 Å². The molecular formula is C18H18P2. The van der Waals surface area contributed by atoms with Crippen LogP contribution in [0, 0.1) is 13.8 Å². The average molecular weight is 296 g/mol. The Morgan fingerprint density at radius 1 is 0.650 bits per heavy atom. The van der Waals surface area contributed by atoms with Gasteiger partial charge in [-0.15, -0.1) is 0 Å². The van der Waals surface area contributed by atoms with Crippen molar-refractivity contribution in [3.63, 3.8) is 0 Å². The zero-order valence-electron chi connectivity index (χ0n) is 11.8. The molecule has 2 heteroatoms. The summed E-state index contributed by atoms with van der Waals surface area (Å²) in [4.78, 5) is 0. The second kappa shape index (κ2) is 5.96. The summed E-state index contributed by atoms with van der Waals surface area (Å²) in [7, 11) is -0.492. The van der Waals surface area contributed by atoms with Gasteiger partial charge in [0.15, 0.2) is 0 Å². The fourth-order valence-electron chi connectivity index (χ4n) is 2.31. The maximum atomic E-state index is 2.50. The van der Waals surface area contributed by atoms with Crippen LogP contribution in [0.3, 0.4) is 0 Å². The highest BCUT2D eigenvalue weighted by Crippen LogP contribution is 2.61. The molecule has 0 N–H and O–H groups in total. The summed E-state index contributed by atoms with van der Waals surface area (Å²) >= 11 is 0. The third kappa shape index (κ3) is 2.73. The first-order valence-corrected chi connectivity index (χ1v) is 10.3. The Labute approximate surface area is 123 Å². The monoisotopic (exact) mass is 296 g/mol. The molecule has 0 aliphatic carbocycles. The number of aryl methyl sites for hydroxylation is 2. The van der Waals surface area contributed by atoms with Crippen molar-refractivity contribution in [1.29, 1.82) is 0 Å². The van der Waals surface area contributed by atoms with Gasteiger partial charge >= 0.3 is 0 Å². The van der Waals surface area contributed by atoms with Crippen LogP contribution in [0.1, 0.15) is 11.1 Å². The Hall–Kier alpha value is -1.35. The lowest BCUT2D eigenvalue weighted by molar-refractivity contribution is 1.41. The van der Waals surface area contributed by atoms with E-state index in [9.17, 15) is 0 Å². The summed E-state index contributed by atoms with van der Waals surface area (Å²) in [6, 6.07) is 22.0. The molecule has 0 aliphatic rings. The van der Waals surface area contributed by atoms with E-state index in [0.717, 1.165) is 0 Å². The van der Waals surface area contributed by atoms with Gasteiger partial charge in [-0.25, -0.2) is 0 Å². The van der Waals surface area contributed by atoms with Crippen molar-refractivity contribution >= 4 is 25.4 Å². The van der Waals surface area contributed by atoms with Crippen LogP contribution in [-0.4, -0.2) is 0 Å². The van der Waals surface area contributed by atoms with E-state index in [2.05, 4.69) is 86.1 Å². The predicted molar refractivity (Wildman–Crippen MR) is 93.1 cm³/mol. The number of rotatable bonds is 3. The lowest BCUT2D eigenvalue weighted by Gasteiger charge is -2.18. The third-order valence-electron chi connectivity index (χ3n) is 3.51. The maximum Gasteiger partial charge on any atom is 0.00467 e. The summed E-state index contributed by atoms with van der Waals surface area (Å²) in [6.07, 6.45) is 0. The van der Waals surface area contributed by atoms with Crippen LogP contribution in [0.15, 0.2) is 72.3 Å². The van der Waals surface area contributed by atoms with Gasteiger partial charge in [0.1, 0.15) is 0 Å². The van der Waals surface area contributed by atoms with E-state index in [1.54, 1.807) is 0 Å². The molecule has 0 bridgehead atoms. The minimum absolute atomic E-state index is 0.199. The molecule has 0 spiro atoms. The van der Waals surface area contributed by atoms with Gasteiger partial charge in [-0.05, 0) is 47.2 Å². The molecule has 3 rings (SSSR count). The van der Waals surface area contributed by atoms with Gasteiger partial charge in [0.2, 0.25) is 0 Å². The molecule has 3 aromatic rings. The molecule has 100 valence electrons. The molecule has 1 aromatic heterocycles. The quantitative estimate of drug-likeness (QED) is 0.584. The highest BCUT2D eigenvalue weighted by Gasteiger charge is 2.17. The summed E-state index contributed by atoms with van der Waals surface area (Å²) in [5.41, 5.74) is 2.91. The normalized spacial score (nSPS) is 10.9. The first kappa shape index (κ1) is 13.6. The van der Waals surface area contributed by atoms with Gasteiger partial charge in [-0.3, -0.25) is 0 Å². The van der Waals surface area contributed by atoms with Crippen molar-refractivity contribution in [2.45, 2.75) is 13.8 Å². The summed E-state index contributed by atoms with van der Waals surface area (Å²) in [6.45, 7) is 4.47. The van der Waals surface area contributed by atoms with Crippen LogP contribution in [0.4, 0.5) is 0 Å². The van der Waals surface area contributed by atoms with Gasteiger partial charge in [-0.2, -0.15) is 0 Å². The average Bonchev–Trinajstić information content (AvgIpc) is 2.81. The van der Waals surface area contributed by atoms with Crippen LogP contribution in [0.25, 0.3) is 0 Å². The van der Waals surface area contributed by atoms with Crippen LogP contribution in [0.5, 0.6) is 0 Å². The molecular weight excluding hydrogens is 278 g/mol. The van der Waals surface area contributed by atoms with E-state index in [0.29, 0.717) is 0 Å². The Bertz CT molecular complexity index is 625. The number of hydrogen-bond acceptors (Lipinski definition) is 0. The van der Waals surface area contributed by atoms with E-state index >= 15 is 0 Å². The van der Waals surface area contributed by atoms with Crippen LogP contribution < -0.4 is 10.6 Å². The third-order valence-corrected chi connectivity index (χ3v) is 10.3. The van der Waals surface area contributed by atoms with Crippen molar-refractivity contribution < 1.29 is 0 Å². The van der Waals surface area contributed by atoms with Crippen LogP contribution >= 0.6 is 14.8 Å². The van der Waals surface area contributed by atoms with E-state index < -0.39 is 0 Å². The smallest absolute Gasteiger partial charge is 0.00467 e. The minimum Gasteiger partial charge on any atom is -0.0905 e. The lowest BCUT2D eigenvalue weighted by Crippen LogP contribution is -2.07. The zero-order chi connectivity index (χ0) is 13.9. The molecule has 0 unspecified atom stereocenters.